The average molecular weight is 277 g/mol. The molecule has 2 rings (SSSR count). The van der Waals surface area contributed by atoms with E-state index in [4.69, 9.17) is 5.11 Å². The number of aromatic nitrogens is 2. The zero-order valence-electron chi connectivity index (χ0n) is 9.39. The molecule has 2 aromatic rings. The molecule has 0 fully saturated rings. The Morgan fingerprint density at radius 2 is 1.79 bits per heavy atom. The first-order valence-electron chi connectivity index (χ1n) is 5.04. The minimum absolute atomic E-state index is 0.0847. The lowest BCUT2D eigenvalue weighted by molar-refractivity contribution is -0.385. The predicted octanol–water partition coefficient (Wildman–Crippen LogP) is 2.23. The maximum Gasteiger partial charge on any atom is 0.337 e. The fraction of sp³-hybridized carbons (Fsp3) is 0. The van der Waals surface area contributed by atoms with E-state index in [1.54, 1.807) is 6.07 Å². The van der Waals surface area contributed by atoms with Crippen molar-refractivity contribution in [3.8, 4) is 0 Å². The van der Waals surface area contributed by atoms with E-state index >= 15 is 0 Å². The topological polar surface area (TPSA) is 106 Å². The number of hydrogen-bond acceptors (Lipinski definition) is 6. The van der Waals surface area contributed by atoms with Crippen molar-refractivity contribution in [2.24, 2.45) is 0 Å². The molecular formula is C11H7N3O4S. The van der Waals surface area contributed by atoms with E-state index in [1.807, 2.05) is 0 Å². The standard InChI is InChI=1S/C11H7N3O4S/c15-11(16)7-1-3-9(12-5-7)19-10-4-2-8(6-13-10)14(17)18/h1-6H,(H,15,16). The predicted molar refractivity (Wildman–Crippen MR) is 66.2 cm³/mol. The van der Waals surface area contributed by atoms with Gasteiger partial charge in [-0.2, -0.15) is 0 Å². The first kappa shape index (κ1) is 13.0. The largest absolute Gasteiger partial charge is 0.478 e. The Kier molecular flexibility index (Phi) is 3.71. The highest BCUT2D eigenvalue weighted by molar-refractivity contribution is 7.99. The molecule has 0 atom stereocenters. The minimum atomic E-state index is -1.04. The Hall–Kier alpha value is -2.48. The summed E-state index contributed by atoms with van der Waals surface area (Å²) in [5, 5.41) is 20.3. The van der Waals surface area contributed by atoms with E-state index < -0.39 is 10.9 Å². The summed E-state index contributed by atoms with van der Waals surface area (Å²) in [4.78, 5) is 28.5. The zero-order chi connectivity index (χ0) is 13.8. The first-order valence-corrected chi connectivity index (χ1v) is 5.85. The number of nitro groups is 1. The second kappa shape index (κ2) is 5.44. The van der Waals surface area contributed by atoms with Gasteiger partial charge in [-0.3, -0.25) is 10.1 Å². The normalized spacial score (nSPS) is 10.1. The first-order chi connectivity index (χ1) is 9.06. The molecule has 0 spiro atoms. The van der Waals surface area contributed by atoms with Crippen molar-refractivity contribution in [2.45, 2.75) is 10.1 Å². The van der Waals surface area contributed by atoms with E-state index in [0.29, 0.717) is 10.1 Å². The lowest BCUT2D eigenvalue weighted by Gasteiger charge is -2.00. The molecule has 0 aliphatic carbocycles. The number of carboxylic acids is 1. The van der Waals surface area contributed by atoms with Crippen LogP contribution in [-0.2, 0) is 0 Å². The summed E-state index contributed by atoms with van der Waals surface area (Å²) in [6.45, 7) is 0. The monoisotopic (exact) mass is 277 g/mol. The van der Waals surface area contributed by atoms with Gasteiger partial charge in [-0.25, -0.2) is 14.8 Å². The molecule has 0 aliphatic heterocycles. The summed E-state index contributed by atoms with van der Waals surface area (Å²) in [5.41, 5.74) is 0.0135. The Morgan fingerprint density at radius 3 is 2.21 bits per heavy atom. The molecule has 0 aromatic carbocycles. The van der Waals surface area contributed by atoms with E-state index in [9.17, 15) is 14.9 Å². The third-order valence-corrected chi connectivity index (χ3v) is 3.03. The summed E-state index contributed by atoms with van der Waals surface area (Å²) >= 11 is 1.19. The molecule has 0 radical (unpaired) electrons. The summed E-state index contributed by atoms with van der Waals surface area (Å²) in [6, 6.07) is 5.84. The third kappa shape index (κ3) is 3.26. The van der Waals surface area contributed by atoms with Gasteiger partial charge in [0, 0.05) is 12.3 Å². The van der Waals surface area contributed by atoms with Crippen LogP contribution >= 0.6 is 11.8 Å². The third-order valence-electron chi connectivity index (χ3n) is 2.12. The lowest BCUT2D eigenvalue weighted by atomic mass is 10.3. The highest BCUT2D eigenvalue weighted by Crippen LogP contribution is 2.25. The van der Waals surface area contributed by atoms with Crippen molar-refractivity contribution in [3.05, 3.63) is 52.3 Å². The van der Waals surface area contributed by atoms with Crippen LogP contribution < -0.4 is 0 Å². The molecular weight excluding hydrogens is 270 g/mol. The highest BCUT2D eigenvalue weighted by Gasteiger charge is 2.08. The molecule has 1 N–H and O–H groups in total. The Morgan fingerprint density at radius 1 is 1.16 bits per heavy atom. The van der Waals surface area contributed by atoms with Gasteiger partial charge < -0.3 is 5.11 Å². The quantitative estimate of drug-likeness (QED) is 0.674. The number of aromatic carboxylic acids is 1. The molecule has 96 valence electrons. The average Bonchev–Trinajstić information content (AvgIpc) is 2.40. The summed E-state index contributed by atoms with van der Waals surface area (Å²) in [6.07, 6.45) is 2.41. The van der Waals surface area contributed by atoms with Gasteiger partial charge in [0.05, 0.1) is 10.5 Å². The van der Waals surface area contributed by atoms with E-state index in [0.717, 1.165) is 6.20 Å². The zero-order valence-corrected chi connectivity index (χ0v) is 10.2. The number of hydrogen-bond donors (Lipinski definition) is 1. The molecule has 0 amide bonds. The molecule has 2 aromatic heterocycles. The fourth-order valence-corrected chi connectivity index (χ4v) is 1.91. The summed E-state index contributed by atoms with van der Waals surface area (Å²) < 4.78 is 0. The number of rotatable bonds is 4. The van der Waals surface area contributed by atoms with Crippen LogP contribution in [0, 0.1) is 10.1 Å². The van der Waals surface area contributed by atoms with Crippen LogP contribution in [0.2, 0.25) is 0 Å². The van der Waals surface area contributed by atoms with Crippen LogP contribution in [0.5, 0.6) is 0 Å². The van der Waals surface area contributed by atoms with Crippen molar-refractivity contribution in [1.29, 1.82) is 0 Å². The molecule has 0 bridgehead atoms. The van der Waals surface area contributed by atoms with Gasteiger partial charge in [0.25, 0.3) is 5.69 Å². The molecule has 8 heteroatoms. The number of pyridine rings is 2. The van der Waals surface area contributed by atoms with Crippen molar-refractivity contribution in [2.75, 3.05) is 0 Å². The van der Waals surface area contributed by atoms with Gasteiger partial charge >= 0.3 is 5.97 Å². The Bertz CT molecular complexity index is 557. The van der Waals surface area contributed by atoms with Gasteiger partial charge in [0.2, 0.25) is 0 Å². The number of carbonyl (C=O) groups is 1. The van der Waals surface area contributed by atoms with Crippen LogP contribution in [-0.4, -0.2) is 26.0 Å². The summed E-state index contributed by atoms with van der Waals surface area (Å²) in [5.74, 6) is -1.04. The maximum atomic E-state index is 10.6. The number of nitrogens with zero attached hydrogens (tertiary/aromatic N) is 3. The molecule has 7 nitrogen and oxygen atoms in total. The van der Waals surface area contributed by atoms with Gasteiger partial charge in [-0.15, -0.1) is 0 Å². The van der Waals surface area contributed by atoms with E-state index in [2.05, 4.69) is 9.97 Å². The van der Waals surface area contributed by atoms with Crippen LogP contribution in [0.3, 0.4) is 0 Å². The van der Waals surface area contributed by atoms with Gasteiger partial charge in [0.1, 0.15) is 16.2 Å². The molecule has 0 saturated heterocycles. The van der Waals surface area contributed by atoms with Crippen LogP contribution in [0.25, 0.3) is 0 Å². The smallest absolute Gasteiger partial charge is 0.337 e. The molecule has 19 heavy (non-hydrogen) atoms. The molecule has 0 saturated carbocycles. The minimum Gasteiger partial charge on any atom is -0.478 e. The van der Waals surface area contributed by atoms with Crippen molar-refractivity contribution in [1.82, 2.24) is 9.97 Å². The van der Waals surface area contributed by atoms with Crippen LogP contribution in [0.4, 0.5) is 5.69 Å². The van der Waals surface area contributed by atoms with E-state index in [-0.39, 0.29) is 11.3 Å². The van der Waals surface area contributed by atoms with Crippen molar-refractivity contribution < 1.29 is 14.8 Å². The second-order valence-corrected chi connectivity index (χ2v) is 4.44. The molecule has 0 unspecified atom stereocenters. The van der Waals surface area contributed by atoms with Crippen LogP contribution in [0.1, 0.15) is 10.4 Å². The van der Waals surface area contributed by atoms with Gasteiger partial charge in [-0.05, 0) is 18.2 Å². The van der Waals surface area contributed by atoms with Gasteiger partial charge in [-0.1, -0.05) is 11.8 Å². The molecule has 2 heterocycles. The molecule has 0 aliphatic rings. The fourth-order valence-electron chi connectivity index (χ4n) is 1.22. The van der Waals surface area contributed by atoms with Crippen molar-refractivity contribution in [3.63, 3.8) is 0 Å². The van der Waals surface area contributed by atoms with E-state index in [1.165, 1.54) is 36.2 Å². The van der Waals surface area contributed by atoms with Gasteiger partial charge in [0.15, 0.2) is 0 Å². The Balaban J connectivity index is 2.12. The van der Waals surface area contributed by atoms with Crippen molar-refractivity contribution >= 4 is 23.4 Å². The maximum absolute atomic E-state index is 10.6. The Labute approximate surface area is 111 Å². The second-order valence-electron chi connectivity index (χ2n) is 3.40. The highest BCUT2D eigenvalue weighted by atomic mass is 32.2. The summed E-state index contributed by atoms with van der Waals surface area (Å²) in [7, 11) is 0. The lowest BCUT2D eigenvalue weighted by Crippen LogP contribution is -1.96. The SMILES string of the molecule is O=C(O)c1ccc(Sc2ccc([N+](=O)[O-])cn2)nc1. The van der Waals surface area contributed by atoms with Crippen LogP contribution in [0.15, 0.2) is 46.7 Å². The number of carboxylic acid groups (broad SMARTS) is 1.